The monoisotopic (exact) mass is 309 g/mol. The van der Waals surface area contributed by atoms with Gasteiger partial charge in [0, 0.05) is 40.1 Å². The van der Waals surface area contributed by atoms with Gasteiger partial charge < -0.3 is 4.57 Å². The lowest BCUT2D eigenvalue weighted by Gasteiger charge is -2.09. The van der Waals surface area contributed by atoms with E-state index in [9.17, 15) is 0 Å². The van der Waals surface area contributed by atoms with Crippen LogP contribution in [0.2, 0.25) is 5.02 Å². The van der Waals surface area contributed by atoms with E-state index >= 15 is 0 Å². The van der Waals surface area contributed by atoms with Crippen molar-refractivity contribution < 1.29 is 0 Å². The van der Waals surface area contributed by atoms with Gasteiger partial charge in [0.25, 0.3) is 0 Å². The van der Waals surface area contributed by atoms with Crippen molar-refractivity contribution in [2.45, 2.75) is 13.8 Å². The summed E-state index contributed by atoms with van der Waals surface area (Å²) in [5.74, 6) is 0. The molecule has 3 nitrogen and oxygen atoms in total. The van der Waals surface area contributed by atoms with Crippen LogP contribution >= 0.6 is 11.6 Å². The molecule has 110 valence electrons. The number of hydrogen-bond acceptors (Lipinski definition) is 2. The molecule has 0 amide bonds. The highest BCUT2D eigenvalue weighted by Gasteiger charge is 2.09. The Bertz CT molecular complexity index is 802. The molecule has 0 aliphatic carbocycles. The average molecular weight is 310 g/mol. The second-order valence-corrected chi connectivity index (χ2v) is 5.54. The Balaban J connectivity index is 1.97. The van der Waals surface area contributed by atoms with Crippen LogP contribution in [0.3, 0.4) is 0 Å². The van der Waals surface area contributed by atoms with E-state index < -0.39 is 0 Å². The Hall–Kier alpha value is -2.39. The molecule has 0 bridgehead atoms. The standard InChI is InChI=1S/C18H16ClN3/c1-13-10-15(11-21-17-4-3-9-20-12-17)14(2)22(13)18-7-5-16(19)6-8-18/h3-12H,1-2H3. The van der Waals surface area contributed by atoms with Gasteiger partial charge in [-0.15, -0.1) is 0 Å². The molecule has 0 aliphatic heterocycles. The number of hydrogen-bond donors (Lipinski definition) is 0. The number of aliphatic imine (C=N–C) groups is 1. The van der Waals surface area contributed by atoms with Crippen molar-refractivity contribution >= 4 is 23.5 Å². The van der Waals surface area contributed by atoms with E-state index in [4.69, 9.17) is 11.6 Å². The van der Waals surface area contributed by atoms with Gasteiger partial charge in [-0.1, -0.05) is 11.6 Å². The lowest BCUT2D eigenvalue weighted by Crippen LogP contribution is -1.99. The molecule has 0 N–H and O–H groups in total. The van der Waals surface area contributed by atoms with E-state index in [1.807, 2.05) is 42.6 Å². The summed E-state index contributed by atoms with van der Waals surface area (Å²) in [5, 5.41) is 0.740. The van der Waals surface area contributed by atoms with Crippen LogP contribution in [0.5, 0.6) is 0 Å². The molecule has 2 aromatic heterocycles. The van der Waals surface area contributed by atoms with Crippen molar-refractivity contribution in [3.8, 4) is 5.69 Å². The molecule has 3 aromatic rings. The molecule has 0 aliphatic rings. The highest BCUT2D eigenvalue weighted by molar-refractivity contribution is 6.30. The Kier molecular flexibility index (Phi) is 4.07. The summed E-state index contributed by atoms with van der Waals surface area (Å²) < 4.78 is 2.20. The maximum absolute atomic E-state index is 5.97. The minimum absolute atomic E-state index is 0.740. The Morgan fingerprint density at radius 2 is 1.91 bits per heavy atom. The highest BCUT2D eigenvalue weighted by atomic mass is 35.5. The van der Waals surface area contributed by atoms with Crippen LogP contribution in [-0.4, -0.2) is 15.8 Å². The first-order valence-corrected chi connectivity index (χ1v) is 7.42. The molecule has 2 heterocycles. The maximum Gasteiger partial charge on any atom is 0.0813 e. The van der Waals surface area contributed by atoms with Crippen LogP contribution in [0.4, 0.5) is 5.69 Å². The summed E-state index contributed by atoms with van der Waals surface area (Å²) >= 11 is 5.97. The first-order valence-electron chi connectivity index (χ1n) is 7.04. The van der Waals surface area contributed by atoms with E-state index in [0.717, 1.165) is 33.3 Å². The highest BCUT2D eigenvalue weighted by Crippen LogP contribution is 2.22. The van der Waals surface area contributed by atoms with E-state index in [0.29, 0.717) is 0 Å². The third-order valence-electron chi connectivity index (χ3n) is 3.55. The van der Waals surface area contributed by atoms with Crippen LogP contribution in [0, 0.1) is 13.8 Å². The van der Waals surface area contributed by atoms with Crippen molar-refractivity contribution in [2.24, 2.45) is 4.99 Å². The average Bonchev–Trinajstić information content (AvgIpc) is 2.82. The topological polar surface area (TPSA) is 30.2 Å². The van der Waals surface area contributed by atoms with Gasteiger partial charge >= 0.3 is 0 Å². The molecule has 0 saturated carbocycles. The fourth-order valence-electron chi connectivity index (χ4n) is 2.48. The zero-order chi connectivity index (χ0) is 15.5. The SMILES string of the molecule is Cc1cc(C=Nc2cccnc2)c(C)n1-c1ccc(Cl)cc1. The van der Waals surface area contributed by atoms with E-state index in [1.54, 1.807) is 12.4 Å². The zero-order valence-corrected chi connectivity index (χ0v) is 13.2. The minimum Gasteiger partial charge on any atom is -0.318 e. The molecule has 0 spiro atoms. The van der Waals surface area contributed by atoms with Crippen LogP contribution < -0.4 is 0 Å². The van der Waals surface area contributed by atoms with E-state index in [2.05, 4.69) is 34.5 Å². The van der Waals surface area contributed by atoms with Gasteiger partial charge in [-0.25, -0.2) is 0 Å². The minimum atomic E-state index is 0.740. The van der Waals surface area contributed by atoms with Crippen LogP contribution in [0.1, 0.15) is 17.0 Å². The second kappa shape index (κ2) is 6.16. The van der Waals surface area contributed by atoms with Crippen molar-refractivity contribution in [3.63, 3.8) is 0 Å². The fourth-order valence-corrected chi connectivity index (χ4v) is 2.61. The number of nitrogens with zero attached hydrogens (tertiary/aromatic N) is 3. The predicted octanol–water partition coefficient (Wildman–Crippen LogP) is 4.89. The van der Waals surface area contributed by atoms with Crippen molar-refractivity contribution in [1.29, 1.82) is 0 Å². The fraction of sp³-hybridized carbons (Fsp3) is 0.111. The number of pyridine rings is 1. The van der Waals surface area contributed by atoms with Crippen LogP contribution in [0.15, 0.2) is 59.9 Å². The third kappa shape index (κ3) is 2.95. The molecule has 4 heteroatoms. The molecule has 0 unspecified atom stereocenters. The lowest BCUT2D eigenvalue weighted by atomic mass is 10.2. The number of aromatic nitrogens is 2. The molecule has 1 aromatic carbocycles. The summed E-state index contributed by atoms with van der Waals surface area (Å²) in [6, 6.07) is 13.8. The van der Waals surface area contributed by atoms with E-state index in [-0.39, 0.29) is 0 Å². The van der Waals surface area contributed by atoms with Gasteiger partial charge in [-0.2, -0.15) is 0 Å². The number of benzene rings is 1. The normalized spacial score (nSPS) is 11.2. The summed E-state index contributed by atoms with van der Waals surface area (Å²) in [7, 11) is 0. The van der Waals surface area contributed by atoms with Crippen LogP contribution in [-0.2, 0) is 0 Å². The van der Waals surface area contributed by atoms with Crippen molar-refractivity contribution in [2.75, 3.05) is 0 Å². The molecule has 3 rings (SSSR count). The lowest BCUT2D eigenvalue weighted by molar-refractivity contribution is 0.965. The zero-order valence-electron chi connectivity index (χ0n) is 12.5. The van der Waals surface area contributed by atoms with Crippen LogP contribution in [0.25, 0.3) is 5.69 Å². The molecular weight excluding hydrogens is 294 g/mol. The van der Waals surface area contributed by atoms with Gasteiger partial charge in [0.1, 0.15) is 0 Å². The number of aryl methyl sites for hydroxylation is 1. The Labute approximate surface area is 134 Å². The summed E-state index contributed by atoms with van der Waals surface area (Å²) in [6.07, 6.45) is 5.37. The van der Waals surface area contributed by atoms with Crippen molar-refractivity contribution in [3.05, 3.63) is 76.8 Å². The molecular formula is C18H16ClN3. The van der Waals surface area contributed by atoms with Gasteiger partial charge in [0.15, 0.2) is 0 Å². The van der Waals surface area contributed by atoms with E-state index in [1.165, 1.54) is 0 Å². The number of rotatable bonds is 3. The first-order chi connectivity index (χ1) is 10.6. The maximum atomic E-state index is 5.97. The van der Waals surface area contributed by atoms with Gasteiger partial charge in [-0.05, 0) is 56.3 Å². The van der Waals surface area contributed by atoms with Gasteiger partial charge in [0.2, 0.25) is 0 Å². The second-order valence-electron chi connectivity index (χ2n) is 5.11. The molecule has 0 fully saturated rings. The summed E-state index contributed by atoms with van der Waals surface area (Å²) in [5.41, 5.74) is 5.34. The molecule has 0 atom stereocenters. The third-order valence-corrected chi connectivity index (χ3v) is 3.81. The summed E-state index contributed by atoms with van der Waals surface area (Å²) in [4.78, 5) is 8.54. The van der Waals surface area contributed by atoms with Gasteiger partial charge in [0.05, 0.1) is 11.9 Å². The predicted molar refractivity (Wildman–Crippen MR) is 91.7 cm³/mol. The van der Waals surface area contributed by atoms with Crippen molar-refractivity contribution in [1.82, 2.24) is 9.55 Å². The first kappa shape index (κ1) is 14.5. The van der Waals surface area contributed by atoms with Gasteiger partial charge in [-0.3, -0.25) is 9.98 Å². The Morgan fingerprint density at radius 3 is 2.59 bits per heavy atom. The molecule has 0 saturated heterocycles. The quantitative estimate of drug-likeness (QED) is 0.633. The number of halogens is 1. The largest absolute Gasteiger partial charge is 0.318 e. The smallest absolute Gasteiger partial charge is 0.0813 e. The summed E-state index contributed by atoms with van der Waals surface area (Å²) in [6.45, 7) is 4.18. The Morgan fingerprint density at radius 1 is 1.14 bits per heavy atom. The molecule has 22 heavy (non-hydrogen) atoms. The molecule has 0 radical (unpaired) electrons.